The average molecular weight is 365 g/mol. The molecule has 1 N–H and O–H groups in total. The van der Waals surface area contributed by atoms with Gasteiger partial charge in [-0.25, -0.2) is 4.79 Å². The molecule has 0 saturated carbocycles. The molecule has 6 heteroatoms. The van der Waals surface area contributed by atoms with Crippen LogP contribution in [0.4, 0.5) is 0 Å². The van der Waals surface area contributed by atoms with E-state index >= 15 is 0 Å². The summed E-state index contributed by atoms with van der Waals surface area (Å²) in [5.74, 6) is -1.42. The van der Waals surface area contributed by atoms with Gasteiger partial charge in [-0.2, -0.15) is 0 Å². The highest BCUT2D eigenvalue weighted by molar-refractivity contribution is 5.94. The van der Waals surface area contributed by atoms with E-state index < -0.39 is 24.5 Å². The molecule has 6 nitrogen and oxygen atoms in total. The third-order valence-corrected chi connectivity index (χ3v) is 4.07. The van der Waals surface area contributed by atoms with Crippen LogP contribution in [0.3, 0.4) is 0 Å². The summed E-state index contributed by atoms with van der Waals surface area (Å²) >= 11 is 0. The van der Waals surface area contributed by atoms with E-state index in [-0.39, 0.29) is 11.5 Å². The van der Waals surface area contributed by atoms with Gasteiger partial charge < -0.3 is 14.5 Å². The number of carbonyl (C=O) groups is 3. The zero-order chi connectivity index (χ0) is 19.2. The first-order chi connectivity index (χ1) is 13.0. The maximum absolute atomic E-state index is 12.1. The van der Waals surface area contributed by atoms with Gasteiger partial charge in [0.1, 0.15) is 5.58 Å². The maximum Gasteiger partial charge on any atom is 0.374 e. The molecule has 1 amide bonds. The number of furan rings is 1. The largest absolute Gasteiger partial charge is 0.450 e. The van der Waals surface area contributed by atoms with Crippen LogP contribution in [-0.2, 0) is 20.7 Å². The Morgan fingerprint density at radius 1 is 1.04 bits per heavy atom. The van der Waals surface area contributed by atoms with Gasteiger partial charge in [-0.15, -0.1) is 0 Å². The predicted octanol–water partition coefficient (Wildman–Crippen LogP) is 2.91. The number of carbonyl (C=O) groups excluding carboxylic acids is 3. The Morgan fingerprint density at radius 2 is 1.74 bits per heavy atom. The van der Waals surface area contributed by atoms with Gasteiger partial charge in [0.15, 0.2) is 12.4 Å². The number of rotatable bonds is 7. The Bertz CT molecular complexity index is 928. The van der Waals surface area contributed by atoms with Crippen molar-refractivity contribution in [2.24, 2.45) is 0 Å². The Kier molecular flexibility index (Phi) is 5.66. The molecule has 0 aliphatic rings. The van der Waals surface area contributed by atoms with E-state index in [0.717, 1.165) is 10.9 Å². The molecule has 3 rings (SSSR count). The minimum Gasteiger partial charge on any atom is -0.450 e. The van der Waals surface area contributed by atoms with Crippen molar-refractivity contribution < 1.29 is 23.5 Å². The summed E-state index contributed by atoms with van der Waals surface area (Å²) in [7, 11) is 0. The summed E-state index contributed by atoms with van der Waals surface area (Å²) in [5.41, 5.74) is 1.49. The van der Waals surface area contributed by atoms with Crippen molar-refractivity contribution in [3.05, 3.63) is 72.0 Å². The molecule has 1 atom stereocenters. The lowest BCUT2D eigenvalue weighted by atomic mass is 10.0. The van der Waals surface area contributed by atoms with Crippen LogP contribution in [0.25, 0.3) is 11.0 Å². The lowest BCUT2D eigenvalue weighted by Crippen LogP contribution is -2.43. The first-order valence-corrected chi connectivity index (χ1v) is 8.52. The van der Waals surface area contributed by atoms with Crippen molar-refractivity contribution in [2.45, 2.75) is 19.4 Å². The van der Waals surface area contributed by atoms with Crippen molar-refractivity contribution in [3.63, 3.8) is 0 Å². The lowest BCUT2D eigenvalue weighted by molar-refractivity contribution is -0.128. The van der Waals surface area contributed by atoms with Gasteiger partial charge in [-0.3, -0.25) is 9.59 Å². The zero-order valence-electron chi connectivity index (χ0n) is 14.8. The number of hydrogen-bond donors (Lipinski definition) is 1. The first kappa shape index (κ1) is 18.4. The highest BCUT2D eigenvalue weighted by atomic mass is 16.5. The minimum atomic E-state index is -0.733. The zero-order valence-corrected chi connectivity index (χ0v) is 14.8. The summed E-state index contributed by atoms with van der Waals surface area (Å²) in [6.07, 6.45) is 0.374. The van der Waals surface area contributed by atoms with E-state index in [1.807, 2.05) is 42.5 Å². The van der Waals surface area contributed by atoms with Crippen LogP contribution in [0.2, 0.25) is 0 Å². The van der Waals surface area contributed by atoms with Crippen LogP contribution < -0.4 is 5.32 Å². The second kappa shape index (κ2) is 8.31. The van der Waals surface area contributed by atoms with Gasteiger partial charge in [-0.05, 0) is 31.0 Å². The SMILES string of the molecule is CC(=O)[C@@H](Cc1ccccc1)NC(=O)COC(=O)c1cc2ccccc2o1. The molecule has 138 valence electrons. The quantitative estimate of drug-likeness (QED) is 0.651. The number of ether oxygens (including phenoxy) is 1. The molecule has 0 saturated heterocycles. The minimum absolute atomic E-state index is 0.0244. The highest BCUT2D eigenvalue weighted by Crippen LogP contribution is 2.19. The van der Waals surface area contributed by atoms with Crippen LogP contribution in [0, 0.1) is 0 Å². The molecule has 0 radical (unpaired) electrons. The van der Waals surface area contributed by atoms with Crippen LogP contribution in [-0.4, -0.2) is 30.3 Å². The summed E-state index contributed by atoms with van der Waals surface area (Å²) in [6, 6.07) is 17.4. The third-order valence-electron chi connectivity index (χ3n) is 4.07. The summed E-state index contributed by atoms with van der Waals surface area (Å²) in [5, 5.41) is 3.37. The molecule has 1 aromatic heterocycles. The summed E-state index contributed by atoms with van der Waals surface area (Å²) in [4.78, 5) is 36.0. The Labute approximate surface area is 156 Å². The van der Waals surface area contributed by atoms with E-state index in [1.54, 1.807) is 18.2 Å². The van der Waals surface area contributed by atoms with Gasteiger partial charge in [0.25, 0.3) is 5.91 Å². The average Bonchev–Trinajstić information content (AvgIpc) is 3.10. The maximum atomic E-state index is 12.1. The fraction of sp³-hybridized carbons (Fsp3) is 0.190. The van der Waals surface area contributed by atoms with Gasteiger partial charge in [-0.1, -0.05) is 48.5 Å². The smallest absolute Gasteiger partial charge is 0.374 e. The third kappa shape index (κ3) is 4.82. The van der Waals surface area contributed by atoms with Crippen molar-refractivity contribution in [3.8, 4) is 0 Å². The molecule has 0 aliphatic heterocycles. The number of hydrogen-bond acceptors (Lipinski definition) is 5. The van der Waals surface area contributed by atoms with Crippen LogP contribution >= 0.6 is 0 Å². The molecule has 0 aliphatic carbocycles. The number of ketones is 1. The number of Topliss-reactive ketones (excluding diaryl/α,β-unsaturated/α-hetero) is 1. The number of amides is 1. The van der Waals surface area contributed by atoms with Gasteiger partial charge in [0, 0.05) is 5.39 Å². The van der Waals surface area contributed by atoms with Crippen molar-refractivity contribution >= 4 is 28.6 Å². The number of fused-ring (bicyclic) bond motifs is 1. The topological polar surface area (TPSA) is 85.6 Å². The normalized spacial score (nSPS) is 11.7. The lowest BCUT2D eigenvalue weighted by Gasteiger charge is -2.16. The second-order valence-corrected chi connectivity index (χ2v) is 6.15. The second-order valence-electron chi connectivity index (χ2n) is 6.15. The van der Waals surface area contributed by atoms with Gasteiger partial charge in [0.05, 0.1) is 6.04 Å². The number of nitrogens with one attached hydrogen (secondary N) is 1. The fourth-order valence-electron chi connectivity index (χ4n) is 2.67. The molecule has 0 spiro atoms. The predicted molar refractivity (Wildman–Crippen MR) is 99.3 cm³/mol. The van der Waals surface area contributed by atoms with E-state index in [0.29, 0.717) is 12.0 Å². The summed E-state index contributed by atoms with van der Waals surface area (Å²) < 4.78 is 10.4. The number of esters is 1. The van der Waals surface area contributed by atoms with E-state index in [1.165, 1.54) is 6.92 Å². The molecule has 27 heavy (non-hydrogen) atoms. The van der Waals surface area contributed by atoms with Crippen molar-refractivity contribution in [2.75, 3.05) is 6.61 Å². The van der Waals surface area contributed by atoms with Crippen LogP contribution in [0.15, 0.2) is 65.1 Å². The van der Waals surface area contributed by atoms with E-state index in [2.05, 4.69) is 5.32 Å². The Morgan fingerprint density at radius 3 is 2.44 bits per heavy atom. The van der Waals surface area contributed by atoms with E-state index in [9.17, 15) is 14.4 Å². The molecule has 0 unspecified atom stereocenters. The monoisotopic (exact) mass is 365 g/mol. The standard InChI is InChI=1S/C21H19NO5/c1-14(23)17(11-15-7-3-2-4-8-15)22-20(24)13-26-21(25)19-12-16-9-5-6-10-18(16)27-19/h2-10,12,17H,11,13H2,1H3,(H,22,24)/t17-/m1/s1. The highest BCUT2D eigenvalue weighted by Gasteiger charge is 2.20. The molecule has 1 heterocycles. The summed E-state index contributed by atoms with van der Waals surface area (Å²) in [6.45, 7) is 0.919. The fourth-order valence-corrected chi connectivity index (χ4v) is 2.67. The molecular weight excluding hydrogens is 346 g/mol. The Hall–Kier alpha value is -3.41. The van der Waals surface area contributed by atoms with Gasteiger partial charge in [0.2, 0.25) is 5.76 Å². The first-order valence-electron chi connectivity index (χ1n) is 8.52. The van der Waals surface area contributed by atoms with E-state index in [4.69, 9.17) is 9.15 Å². The molecule has 2 aromatic carbocycles. The molecule has 3 aromatic rings. The molecule has 0 bridgehead atoms. The Balaban J connectivity index is 1.55. The molecule has 0 fully saturated rings. The van der Waals surface area contributed by atoms with Crippen molar-refractivity contribution in [1.29, 1.82) is 0 Å². The van der Waals surface area contributed by atoms with Crippen LogP contribution in [0.1, 0.15) is 23.0 Å². The van der Waals surface area contributed by atoms with Crippen LogP contribution in [0.5, 0.6) is 0 Å². The van der Waals surface area contributed by atoms with Crippen molar-refractivity contribution in [1.82, 2.24) is 5.32 Å². The number of para-hydroxylation sites is 1. The van der Waals surface area contributed by atoms with Gasteiger partial charge >= 0.3 is 5.97 Å². The number of benzene rings is 2. The molecular formula is C21H19NO5.